The van der Waals surface area contributed by atoms with Crippen LogP contribution in [0, 0.1) is 0 Å². The molecule has 8 nitrogen and oxygen atoms in total. The Hall–Kier alpha value is -7.48. The number of nitrogens with zero attached hydrogens (tertiary/aromatic N) is 4. The molecule has 386 valence electrons. The molecule has 0 bridgehead atoms. The van der Waals surface area contributed by atoms with Crippen LogP contribution in [0.5, 0.6) is 11.5 Å². The standard InChI is InChI=1S/C60H60F6N4O4/c1-3-5-7-9-11-13-39-71-53-41-52(38-32-46-23-17-44(18-24-46)20-26-48-29-35-50(36-30-48)56-68-70-58(74-56)60(64,65)66)54(72-40-14-12-10-8-6-4-2)42-51(53)37-31-45-21-15-43(16-22-45)19-25-47-27-33-49(34-28-47)55-67-69-57(73-55)59(61,62)63/h15-38,41-42H,3-14,39-40H2,1-2H3/b25-19+,26-20+,37-31+,38-32+. The molecule has 14 heteroatoms. The van der Waals surface area contributed by atoms with Crippen molar-refractivity contribution in [1.29, 1.82) is 0 Å². The highest BCUT2D eigenvalue weighted by Crippen LogP contribution is 2.35. The van der Waals surface area contributed by atoms with Gasteiger partial charge in [-0.05, 0) is 82.6 Å². The molecule has 7 aromatic rings. The molecule has 0 amide bonds. The van der Waals surface area contributed by atoms with Gasteiger partial charge >= 0.3 is 24.1 Å². The van der Waals surface area contributed by atoms with E-state index in [1.807, 2.05) is 72.8 Å². The first-order valence-corrected chi connectivity index (χ1v) is 25.2. The fourth-order valence-electron chi connectivity index (χ4n) is 7.81. The molecular weight excluding hydrogens is 955 g/mol. The van der Waals surface area contributed by atoms with Gasteiger partial charge in [-0.3, -0.25) is 0 Å². The van der Waals surface area contributed by atoms with E-state index >= 15 is 0 Å². The van der Waals surface area contributed by atoms with Crippen molar-refractivity contribution in [2.45, 2.75) is 103 Å². The average Bonchev–Trinajstić information content (AvgIpc) is 4.12. The molecule has 7 rings (SSSR count). The lowest BCUT2D eigenvalue weighted by atomic mass is 10.0. The predicted octanol–water partition coefficient (Wildman–Crippen LogP) is 18.0. The third-order valence-corrected chi connectivity index (χ3v) is 12.0. The Morgan fingerprint density at radius 3 is 0.959 bits per heavy atom. The van der Waals surface area contributed by atoms with Crippen molar-refractivity contribution >= 4 is 48.6 Å². The van der Waals surface area contributed by atoms with E-state index in [9.17, 15) is 26.3 Å². The minimum atomic E-state index is -4.71. The Balaban J connectivity index is 1.06. The third kappa shape index (κ3) is 16.8. The summed E-state index contributed by atoms with van der Waals surface area (Å²) in [4.78, 5) is 0. The molecule has 0 radical (unpaired) electrons. The Morgan fingerprint density at radius 2 is 0.662 bits per heavy atom. The molecule has 2 heterocycles. The van der Waals surface area contributed by atoms with Gasteiger partial charge in [0.1, 0.15) is 11.5 Å². The smallest absolute Gasteiger partial charge is 0.470 e. The van der Waals surface area contributed by atoms with Crippen LogP contribution >= 0.6 is 0 Å². The number of alkyl halides is 6. The first kappa shape index (κ1) is 54.3. The van der Waals surface area contributed by atoms with Gasteiger partial charge < -0.3 is 18.3 Å². The molecular formula is C60H60F6N4O4. The molecule has 0 fully saturated rings. The summed E-state index contributed by atoms with van der Waals surface area (Å²) in [7, 11) is 0. The van der Waals surface area contributed by atoms with Crippen LogP contribution in [-0.4, -0.2) is 33.6 Å². The topological polar surface area (TPSA) is 96.3 Å². The molecule has 0 aliphatic carbocycles. The number of aromatic nitrogens is 4. The second-order valence-electron chi connectivity index (χ2n) is 17.9. The van der Waals surface area contributed by atoms with Crippen LogP contribution < -0.4 is 9.47 Å². The van der Waals surface area contributed by atoms with Crippen molar-refractivity contribution in [3.63, 3.8) is 0 Å². The molecule has 0 N–H and O–H groups in total. The summed E-state index contributed by atoms with van der Waals surface area (Å²) in [5.74, 6) is -1.63. The van der Waals surface area contributed by atoms with Crippen LogP contribution in [-0.2, 0) is 12.4 Å². The first-order valence-electron chi connectivity index (χ1n) is 25.2. The van der Waals surface area contributed by atoms with Gasteiger partial charge in [0, 0.05) is 22.3 Å². The molecule has 0 aliphatic rings. The second-order valence-corrected chi connectivity index (χ2v) is 17.9. The second kappa shape index (κ2) is 27.0. The van der Waals surface area contributed by atoms with Gasteiger partial charge in [-0.1, -0.05) is 199 Å². The molecule has 0 atom stereocenters. The van der Waals surface area contributed by atoms with Crippen molar-refractivity contribution in [1.82, 2.24) is 20.4 Å². The number of rotatable bonds is 26. The summed E-state index contributed by atoms with van der Waals surface area (Å²) >= 11 is 0. The van der Waals surface area contributed by atoms with Crippen molar-refractivity contribution in [3.8, 4) is 34.4 Å². The number of hydrogen-bond acceptors (Lipinski definition) is 8. The molecule has 0 spiro atoms. The van der Waals surface area contributed by atoms with Crippen LogP contribution in [0.2, 0.25) is 0 Å². The zero-order chi connectivity index (χ0) is 52.2. The molecule has 0 unspecified atom stereocenters. The Labute approximate surface area is 428 Å². The highest BCUT2D eigenvalue weighted by atomic mass is 19.4. The molecule has 2 aromatic heterocycles. The SMILES string of the molecule is CCCCCCCCOc1cc(/C=C/c2ccc(/C=C/c3ccc(-c4nnc(C(F)(F)F)o4)cc3)cc2)c(OCCCCCCCC)cc1/C=C/c1ccc(/C=C/c2ccc(-c3nnc(C(F)(F)F)o3)cc2)cc1. The van der Waals surface area contributed by atoms with Crippen molar-refractivity contribution in [2.75, 3.05) is 13.2 Å². The number of benzene rings is 5. The van der Waals surface area contributed by atoms with Gasteiger partial charge in [0.05, 0.1) is 13.2 Å². The zero-order valence-corrected chi connectivity index (χ0v) is 41.6. The minimum absolute atomic E-state index is 0.198. The van der Waals surface area contributed by atoms with Crippen LogP contribution in [0.1, 0.15) is 147 Å². The normalized spacial score (nSPS) is 12.3. The van der Waals surface area contributed by atoms with E-state index in [2.05, 4.69) is 70.7 Å². The largest absolute Gasteiger partial charge is 0.493 e. The molecule has 0 aliphatic heterocycles. The summed E-state index contributed by atoms with van der Waals surface area (Å²) in [5, 5.41) is 13.3. The van der Waals surface area contributed by atoms with E-state index in [0.29, 0.717) is 24.3 Å². The fraction of sp³-hybridized carbons (Fsp3) is 0.300. The highest BCUT2D eigenvalue weighted by molar-refractivity contribution is 5.80. The summed E-state index contributed by atoms with van der Waals surface area (Å²) < 4.78 is 100. The molecule has 0 saturated heterocycles. The van der Waals surface area contributed by atoms with Gasteiger partial charge in [0.15, 0.2) is 0 Å². The summed E-state index contributed by atoms with van der Waals surface area (Å²) in [6, 6.07) is 34.0. The van der Waals surface area contributed by atoms with Crippen molar-refractivity contribution in [2.24, 2.45) is 0 Å². The zero-order valence-electron chi connectivity index (χ0n) is 41.6. The van der Waals surface area contributed by atoms with Crippen LogP contribution in [0.3, 0.4) is 0 Å². The molecule has 0 saturated carbocycles. The van der Waals surface area contributed by atoms with Gasteiger partial charge in [0.25, 0.3) is 0 Å². The Kier molecular flexibility index (Phi) is 19.8. The summed E-state index contributed by atoms with van der Waals surface area (Å²) in [5.41, 5.74) is 8.21. The van der Waals surface area contributed by atoms with E-state index in [1.54, 1.807) is 48.5 Å². The summed E-state index contributed by atoms with van der Waals surface area (Å²) in [6.07, 6.45) is 20.4. The lowest BCUT2D eigenvalue weighted by Gasteiger charge is -2.15. The van der Waals surface area contributed by atoms with Crippen LogP contribution in [0.15, 0.2) is 118 Å². The molecule has 5 aromatic carbocycles. The minimum Gasteiger partial charge on any atom is -0.493 e. The average molecular weight is 1020 g/mol. The maximum atomic E-state index is 12.9. The molecule has 74 heavy (non-hydrogen) atoms. The monoisotopic (exact) mass is 1010 g/mol. The number of unbranched alkanes of at least 4 members (excludes halogenated alkanes) is 10. The summed E-state index contributed by atoms with van der Waals surface area (Å²) in [6.45, 7) is 5.62. The predicted molar refractivity (Wildman–Crippen MR) is 282 cm³/mol. The number of ether oxygens (including phenoxy) is 2. The van der Waals surface area contributed by atoms with Crippen LogP contribution in [0.4, 0.5) is 26.3 Å². The van der Waals surface area contributed by atoms with Crippen molar-refractivity contribution in [3.05, 3.63) is 165 Å². The quantitative estimate of drug-likeness (QED) is 0.0301. The van der Waals surface area contributed by atoms with E-state index in [0.717, 1.165) is 81.7 Å². The fourth-order valence-corrected chi connectivity index (χ4v) is 7.81. The maximum absolute atomic E-state index is 12.9. The van der Waals surface area contributed by atoms with Gasteiger partial charge in [-0.15, -0.1) is 20.4 Å². The highest BCUT2D eigenvalue weighted by Gasteiger charge is 2.39. The van der Waals surface area contributed by atoms with Crippen LogP contribution in [0.25, 0.3) is 71.5 Å². The Morgan fingerprint density at radius 1 is 0.378 bits per heavy atom. The van der Waals surface area contributed by atoms with Gasteiger partial charge in [0.2, 0.25) is 11.8 Å². The number of hydrogen-bond donors (Lipinski definition) is 0. The Bertz CT molecular complexity index is 2730. The third-order valence-electron chi connectivity index (χ3n) is 12.0. The van der Waals surface area contributed by atoms with Crippen molar-refractivity contribution < 1.29 is 44.7 Å². The van der Waals surface area contributed by atoms with E-state index in [1.165, 1.54) is 51.4 Å². The first-order chi connectivity index (χ1) is 35.8. The maximum Gasteiger partial charge on any atom is 0.470 e. The van der Waals surface area contributed by atoms with E-state index in [4.69, 9.17) is 18.3 Å². The lowest BCUT2D eigenvalue weighted by molar-refractivity contribution is -0.157. The lowest BCUT2D eigenvalue weighted by Crippen LogP contribution is -2.04. The van der Waals surface area contributed by atoms with Gasteiger partial charge in [-0.25, -0.2) is 0 Å². The van der Waals surface area contributed by atoms with E-state index < -0.39 is 24.1 Å². The number of halogens is 6. The van der Waals surface area contributed by atoms with Gasteiger partial charge in [-0.2, -0.15) is 26.3 Å². The van der Waals surface area contributed by atoms with E-state index in [-0.39, 0.29) is 11.8 Å².